The van der Waals surface area contributed by atoms with Gasteiger partial charge in [-0.2, -0.15) is 5.10 Å². The molecule has 0 N–H and O–H groups in total. The fraction of sp³-hybridized carbons (Fsp3) is 0.700. The number of likely N-dealkylation sites (tertiary alicyclic amines) is 2. The second kappa shape index (κ2) is 7.82. The molecule has 2 aliphatic rings. The highest BCUT2D eigenvalue weighted by Gasteiger charge is 2.41. The number of nitrogens with zero attached hydrogens (tertiary/aromatic N) is 5. The van der Waals surface area contributed by atoms with Gasteiger partial charge in [0.15, 0.2) is 0 Å². The maximum atomic E-state index is 12.9. The van der Waals surface area contributed by atoms with Gasteiger partial charge in [-0.3, -0.25) is 9.59 Å². The van der Waals surface area contributed by atoms with Gasteiger partial charge in [0.25, 0.3) is 0 Å². The fourth-order valence-corrected chi connectivity index (χ4v) is 4.42. The van der Waals surface area contributed by atoms with Crippen molar-refractivity contribution in [1.82, 2.24) is 24.6 Å². The van der Waals surface area contributed by atoms with Crippen LogP contribution in [0.4, 0.5) is 0 Å². The van der Waals surface area contributed by atoms with E-state index in [4.69, 9.17) is 0 Å². The molecule has 2 saturated heterocycles. The molecule has 2 amide bonds. The summed E-state index contributed by atoms with van der Waals surface area (Å²) < 4.78 is 1.82. The average Bonchev–Trinajstić information content (AvgIpc) is 2.95. The Morgan fingerprint density at radius 3 is 2.59 bits per heavy atom. The lowest BCUT2D eigenvalue weighted by Crippen LogP contribution is -2.53. The Hall–Kier alpha value is -2.18. The van der Waals surface area contributed by atoms with Crippen LogP contribution >= 0.6 is 0 Å². The van der Waals surface area contributed by atoms with Crippen LogP contribution in [0.15, 0.2) is 12.7 Å². The molecule has 0 aliphatic carbocycles. The van der Waals surface area contributed by atoms with Crippen molar-refractivity contribution in [2.75, 3.05) is 26.2 Å². The molecule has 148 valence electrons. The predicted molar refractivity (Wildman–Crippen MR) is 103 cm³/mol. The van der Waals surface area contributed by atoms with Crippen molar-refractivity contribution in [1.29, 1.82) is 0 Å². The largest absolute Gasteiger partial charge is 0.342 e. The number of amides is 2. The Kier molecular flexibility index (Phi) is 5.67. The smallest absolute Gasteiger partial charge is 0.227 e. The van der Waals surface area contributed by atoms with Gasteiger partial charge < -0.3 is 9.80 Å². The third-order valence-corrected chi connectivity index (χ3v) is 6.06. The Bertz CT molecular complexity index is 718. The second-order valence-electron chi connectivity index (χ2n) is 8.18. The first kappa shape index (κ1) is 19.6. The number of hydrogen-bond acceptors (Lipinski definition) is 4. The number of hydrogen-bond donors (Lipinski definition) is 0. The normalized spacial score (nSPS) is 20.8. The van der Waals surface area contributed by atoms with E-state index in [2.05, 4.69) is 16.7 Å². The number of piperidine rings is 2. The number of aromatic nitrogens is 3. The van der Waals surface area contributed by atoms with Gasteiger partial charge in [0, 0.05) is 32.6 Å². The van der Waals surface area contributed by atoms with E-state index in [0.717, 1.165) is 50.5 Å². The van der Waals surface area contributed by atoms with Gasteiger partial charge in [-0.1, -0.05) is 13.0 Å². The molecular weight excluding hydrogens is 342 g/mol. The molecule has 0 aromatic carbocycles. The molecule has 7 heteroatoms. The van der Waals surface area contributed by atoms with Crippen molar-refractivity contribution in [3.05, 3.63) is 24.3 Å². The van der Waals surface area contributed by atoms with Crippen molar-refractivity contribution in [2.45, 2.75) is 53.0 Å². The minimum atomic E-state index is -0.121. The molecule has 2 fully saturated rings. The molecule has 1 spiro atoms. The van der Waals surface area contributed by atoms with Gasteiger partial charge in [-0.15, -0.1) is 6.58 Å². The first-order chi connectivity index (χ1) is 12.8. The van der Waals surface area contributed by atoms with E-state index in [0.29, 0.717) is 19.5 Å². The van der Waals surface area contributed by atoms with Crippen molar-refractivity contribution in [2.24, 2.45) is 11.3 Å². The summed E-state index contributed by atoms with van der Waals surface area (Å²) >= 11 is 0. The topological polar surface area (TPSA) is 71.3 Å². The lowest BCUT2D eigenvalue weighted by molar-refractivity contribution is -0.143. The lowest BCUT2D eigenvalue weighted by Gasteiger charge is -2.47. The number of carbonyl (C=O) groups is 2. The Labute approximate surface area is 161 Å². The number of aryl methyl sites for hydroxylation is 2. The molecule has 7 nitrogen and oxygen atoms in total. The van der Waals surface area contributed by atoms with Gasteiger partial charge in [0.05, 0.1) is 12.5 Å². The van der Waals surface area contributed by atoms with Crippen molar-refractivity contribution >= 4 is 11.8 Å². The highest BCUT2D eigenvalue weighted by atomic mass is 16.2. The maximum Gasteiger partial charge on any atom is 0.227 e. The SMILES string of the molecule is C=CCN1CC2(CCC1=O)CCN(C(=O)[C@H](C)Cn1nc(C)nc1C)CC2. The Morgan fingerprint density at radius 1 is 1.30 bits per heavy atom. The first-order valence-electron chi connectivity index (χ1n) is 9.89. The highest BCUT2D eigenvalue weighted by molar-refractivity contribution is 5.79. The Balaban J connectivity index is 1.56. The standard InChI is InChI=1S/C20H31N5O2/c1-5-10-24-14-20(7-6-18(24)26)8-11-23(12-9-20)19(27)15(2)13-25-17(4)21-16(3)22-25/h5,15H,1,6-14H2,2-4H3/t15-/m1/s1. The van der Waals surface area contributed by atoms with Crippen LogP contribution in [0.2, 0.25) is 0 Å². The third-order valence-electron chi connectivity index (χ3n) is 6.06. The predicted octanol–water partition coefficient (Wildman–Crippen LogP) is 1.95. The zero-order valence-corrected chi connectivity index (χ0v) is 16.8. The van der Waals surface area contributed by atoms with Crippen LogP contribution in [0, 0.1) is 25.2 Å². The molecule has 0 bridgehead atoms. The van der Waals surface area contributed by atoms with E-state index < -0.39 is 0 Å². The van der Waals surface area contributed by atoms with E-state index in [1.807, 2.05) is 35.3 Å². The van der Waals surface area contributed by atoms with E-state index in [-0.39, 0.29) is 23.1 Å². The van der Waals surface area contributed by atoms with Crippen LogP contribution in [0.1, 0.15) is 44.3 Å². The monoisotopic (exact) mass is 373 g/mol. The van der Waals surface area contributed by atoms with Gasteiger partial charge in [0.1, 0.15) is 11.6 Å². The minimum absolute atomic E-state index is 0.121. The third kappa shape index (κ3) is 4.22. The molecule has 2 aliphatic heterocycles. The van der Waals surface area contributed by atoms with E-state index >= 15 is 0 Å². The van der Waals surface area contributed by atoms with Gasteiger partial charge in [-0.25, -0.2) is 9.67 Å². The van der Waals surface area contributed by atoms with Crippen LogP contribution in [-0.4, -0.2) is 62.6 Å². The fourth-order valence-electron chi connectivity index (χ4n) is 4.42. The molecule has 0 unspecified atom stereocenters. The van der Waals surface area contributed by atoms with Crippen molar-refractivity contribution < 1.29 is 9.59 Å². The number of carbonyl (C=O) groups excluding carboxylic acids is 2. The van der Waals surface area contributed by atoms with Crippen molar-refractivity contribution in [3.8, 4) is 0 Å². The molecule has 1 aromatic rings. The Morgan fingerprint density at radius 2 is 2.00 bits per heavy atom. The first-order valence-corrected chi connectivity index (χ1v) is 9.89. The molecule has 1 aromatic heterocycles. The summed E-state index contributed by atoms with van der Waals surface area (Å²) in [4.78, 5) is 33.2. The van der Waals surface area contributed by atoms with Crippen LogP contribution in [0.3, 0.4) is 0 Å². The summed E-state index contributed by atoms with van der Waals surface area (Å²) in [5.41, 5.74) is 0.163. The molecule has 3 heterocycles. The van der Waals surface area contributed by atoms with Crippen LogP contribution in [0.5, 0.6) is 0 Å². The van der Waals surface area contributed by atoms with Crippen LogP contribution in [-0.2, 0) is 16.1 Å². The van der Waals surface area contributed by atoms with Gasteiger partial charge in [0.2, 0.25) is 11.8 Å². The molecule has 3 rings (SSSR count). The summed E-state index contributed by atoms with van der Waals surface area (Å²) in [6.07, 6.45) is 5.28. The van der Waals surface area contributed by atoms with Crippen LogP contribution in [0.25, 0.3) is 0 Å². The zero-order chi connectivity index (χ0) is 19.6. The van der Waals surface area contributed by atoms with Gasteiger partial charge in [-0.05, 0) is 38.5 Å². The summed E-state index contributed by atoms with van der Waals surface area (Å²) in [6.45, 7) is 13.0. The van der Waals surface area contributed by atoms with E-state index in [9.17, 15) is 9.59 Å². The van der Waals surface area contributed by atoms with E-state index in [1.54, 1.807) is 6.08 Å². The minimum Gasteiger partial charge on any atom is -0.342 e. The molecule has 0 radical (unpaired) electrons. The summed E-state index contributed by atoms with van der Waals surface area (Å²) in [5, 5.41) is 4.37. The maximum absolute atomic E-state index is 12.9. The summed E-state index contributed by atoms with van der Waals surface area (Å²) in [7, 11) is 0. The molecule has 27 heavy (non-hydrogen) atoms. The van der Waals surface area contributed by atoms with Gasteiger partial charge >= 0.3 is 0 Å². The summed E-state index contributed by atoms with van der Waals surface area (Å²) in [5.74, 6) is 1.88. The highest BCUT2D eigenvalue weighted by Crippen LogP contribution is 2.40. The van der Waals surface area contributed by atoms with Crippen LogP contribution < -0.4 is 0 Å². The number of rotatable bonds is 5. The quantitative estimate of drug-likeness (QED) is 0.740. The molecule has 1 atom stereocenters. The van der Waals surface area contributed by atoms with E-state index in [1.165, 1.54) is 0 Å². The second-order valence-corrected chi connectivity index (χ2v) is 8.18. The lowest BCUT2D eigenvalue weighted by atomic mass is 9.72. The summed E-state index contributed by atoms with van der Waals surface area (Å²) in [6, 6.07) is 0. The van der Waals surface area contributed by atoms with Crippen molar-refractivity contribution in [3.63, 3.8) is 0 Å². The molecular formula is C20H31N5O2. The average molecular weight is 374 g/mol. The molecule has 0 saturated carbocycles. The zero-order valence-electron chi connectivity index (χ0n) is 16.8.